The van der Waals surface area contributed by atoms with Crippen LogP contribution in [0.5, 0.6) is 0 Å². The van der Waals surface area contributed by atoms with E-state index in [1.807, 2.05) is 5.43 Å². The monoisotopic (exact) mass is 247 g/mol. The van der Waals surface area contributed by atoms with E-state index in [1.165, 1.54) is 31.1 Å². The minimum absolute atomic E-state index is 0.118. The lowest BCUT2D eigenvalue weighted by Gasteiger charge is -2.18. The van der Waals surface area contributed by atoms with Crippen molar-refractivity contribution in [3.63, 3.8) is 0 Å². The highest BCUT2D eigenvalue weighted by Gasteiger charge is 2.35. The number of para-hydroxylation sites is 1. The predicted octanol–water partition coefficient (Wildman–Crippen LogP) is 1.69. The number of halogens is 3. The van der Waals surface area contributed by atoms with Gasteiger partial charge in [0.2, 0.25) is 0 Å². The predicted molar refractivity (Wildman–Crippen MR) is 57.3 cm³/mol. The summed E-state index contributed by atoms with van der Waals surface area (Å²) < 4.78 is 38.0. The Hall–Kier alpha value is -1.76. The molecule has 0 atom stereocenters. The Labute approximate surface area is 96.2 Å². The number of anilines is 1. The number of hydrogen-bond donors (Lipinski definition) is 2. The summed E-state index contributed by atoms with van der Waals surface area (Å²) in [5, 5.41) is 0. The molecule has 0 bridgehead atoms. The topological polar surface area (TPSA) is 58.4 Å². The van der Waals surface area contributed by atoms with Crippen molar-refractivity contribution in [2.45, 2.75) is 6.18 Å². The summed E-state index contributed by atoms with van der Waals surface area (Å²) in [6, 6.07) is 3.31. The van der Waals surface area contributed by atoms with Crippen molar-refractivity contribution in [3.05, 3.63) is 29.3 Å². The second-order valence-electron chi connectivity index (χ2n) is 3.57. The molecule has 94 valence electrons. The van der Waals surface area contributed by atoms with Crippen LogP contribution >= 0.6 is 0 Å². The molecule has 0 aliphatic rings. The number of amides is 1. The maximum Gasteiger partial charge on any atom is 0.418 e. The Morgan fingerprint density at radius 2 is 1.94 bits per heavy atom. The van der Waals surface area contributed by atoms with Crippen LogP contribution in [0.1, 0.15) is 15.9 Å². The van der Waals surface area contributed by atoms with Crippen LogP contribution in [0.3, 0.4) is 0 Å². The number of hydrazine groups is 1. The van der Waals surface area contributed by atoms with Gasteiger partial charge in [-0.15, -0.1) is 0 Å². The van der Waals surface area contributed by atoms with Gasteiger partial charge >= 0.3 is 6.18 Å². The maximum atomic E-state index is 12.7. The molecule has 0 saturated carbocycles. The van der Waals surface area contributed by atoms with E-state index in [0.717, 1.165) is 6.07 Å². The SMILES string of the molecule is CN(C)C(=O)c1cccc(C(F)(F)F)c1NN. The fourth-order valence-corrected chi connectivity index (χ4v) is 1.36. The maximum absolute atomic E-state index is 12.7. The van der Waals surface area contributed by atoms with Gasteiger partial charge < -0.3 is 10.3 Å². The van der Waals surface area contributed by atoms with Crippen LogP contribution in [0.25, 0.3) is 0 Å². The molecule has 4 nitrogen and oxygen atoms in total. The summed E-state index contributed by atoms with van der Waals surface area (Å²) in [7, 11) is 2.89. The second-order valence-corrected chi connectivity index (χ2v) is 3.57. The standard InChI is InChI=1S/C10H12F3N3O/c1-16(2)9(17)6-4-3-5-7(8(6)15-14)10(11,12)13/h3-5,15H,14H2,1-2H3. The van der Waals surface area contributed by atoms with Gasteiger partial charge in [-0.3, -0.25) is 10.6 Å². The highest BCUT2D eigenvalue weighted by molar-refractivity contribution is 6.00. The van der Waals surface area contributed by atoms with Crippen LogP contribution in [0.15, 0.2) is 18.2 Å². The van der Waals surface area contributed by atoms with Gasteiger partial charge in [-0.05, 0) is 12.1 Å². The molecule has 0 aromatic heterocycles. The number of carbonyl (C=O) groups excluding carboxylic acids is 1. The number of nitrogens with one attached hydrogen (secondary N) is 1. The summed E-state index contributed by atoms with van der Waals surface area (Å²) >= 11 is 0. The molecule has 0 saturated heterocycles. The van der Waals surface area contributed by atoms with Crippen molar-refractivity contribution in [2.24, 2.45) is 5.84 Å². The molecule has 0 spiro atoms. The molecule has 1 rings (SSSR count). The molecule has 1 amide bonds. The first-order chi connectivity index (χ1) is 7.79. The van der Waals surface area contributed by atoms with E-state index < -0.39 is 23.3 Å². The van der Waals surface area contributed by atoms with Gasteiger partial charge in [0.15, 0.2) is 0 Å². The number of carbonyl (C=O) groups is 1. The van der Waals surface area contributed by atoms with E-state index in [1.54, 1.807) is 0 Å². The summed E-state index contributed by atoms with van der Waals surface area (Å²) in [5.74, 6) is 4.51. The van der Waals surface area contributed by atoms with Crippen LogP contribution in [-0.2, 0) is 6.18 Å². The number of nitrogen functional groups attached to an aromatic ring is 1. The molecule has 0 fully saturated rings. The fraction of sp³-hybridized carbons (Fsp3) is 0.300. The highest BCUT2D eigenvalue weighted by atomic mass is 19.4. The number of rotatable bonds is 2. The van der Waals surface area contributed by atoms with Crippen LogP contribution in [0.2, 0.25) is 0 Å². The molecule has 0 radical (unpaired) electrons. The average Bonchev–Trinajstić information content (AvgIpc) is 2.25. The summed E-state index contributed by atoms with van der Waals surface area (Å²) in [6.45, 7) is 0. The Balaban J connectivity index is 3.39. The van der Waals surface area contributed by atoms with Gasteiger partial charge in [0.25, 0.3) is 5.91 Å². The lowest BCUT2D eigenvalue weighted by atomic mass is 10.1. The normalized spacial score (nSPS) is 11.2. The zero-order chi connectivity index (χ0) is 13.2. The second kappa shape index (κ2) is 4.62. The highest BCUT2D eigenvalue weighted by Crippen LogP contribution is 2.36. The lowest BCUT2D eigenvalue weighted by Crippen LogP contribution is -2.25. The van der Waals surface area contributed by atoms with Crippen molar-refractivity contribution in [3.8, 4) is 0 Å². The Morgan fingerprint density at radius 3 is 2.35 bits per heavy atom. The lowest BCUT2D eigenvalue weighted by molar-refractivity contribution is -0.137. The molecule has 1 aromatic rings. The number of hydrogen-bond acceptors (Lipinski definition) is 3. The molecule has 0 aliphatic carbocycles. The minimum Gasteiger partial charge on any atom is -0.345 e. The summed E-state index contributed by atoms with van der Waals surface area (Å²) in [4.78, 5) is 12.8. The quantitative estimate of drug-likeness (QED) is 0.617. The van der Waals surface area contributed by atoms with Crippen molar-refractivity contribution >= 4 is 11.6 Å². The largest absolute Gasteiger partial charge is 0.418 e. The smallest absolute Gasteiger partial charge is 0.345 e. The van der Waals surface area contributed by atoms with E-state index in [2.05, 4.69) is 0 Å². The third-order valence-electron chi connectivity index (χ3n) is 2.15. The first-order valence-electron chi connectivity index (χ1n) is 4.67. The van der Waals surface area contributed by atoms with Crippen LogP contribution in [0.4, 0.5) is 18.9 Å². The van der Waals surface area contributed by atoms with Gasteiger partial charge in [0.1, 0.15) is 0 Å². The van der Waals surface area contributed by atoms with Crippen LogP contribution in [-0.4, -0.2) is 24.9 Å². The van der Waals surface area contributed by atoms with Crippen LogP contribution in [0, 0.1) is 0 Å². The first-order valence-corrected chi connectivity index (χ1v) is 4.67. The van der Waals surface area contributed by atoms with Gasteiger partial charge in [-0.2, -0.15) is 13.2 Å². The Morgan fingerprint density at radius 1 is 1.35 bits per heavy atom. The van der Waals surface area contributed by atoms with Crippen LogP contribution < -0.4 is 11.3 Å². The van der Waals surface area contributed by atoms with Gasteiger partial charge in [-0.25, -0.2) is 0 Å². The number of alkyl halides is 3. The Kier molecular flexibility index (Phi) is 3.62. The molecule has 7 heteroatoms. The van der Waals surface area contributed by atoms with Gasteiger partial charge in [0.05, 0.1) is 16.8 Å². The van der Waals surface area contributed by atoms with E-state index in [4.69, 9.17) is 5.84 Å². The number of nitrogens with zero attached hydrogens (tertiary/aromatic N) is 1. The van der Waals surface area contributed by atoms with Crippen molar-refractivity contribution in [1.29, 1.82) is 0 Å². The summed E-state index contributed by atoms with van der Waals surface area (Å²) in [6.07, 6.45) is -4.57. The third-order valence-corrected chi connectivity index (χ3v) is 2.15. The summed E-state index contributed by atoms with van der Waals surface area (Å²) in [5.41, 5.74) is 0.438. The molecular weight excluding hydrogens is 235 g/mol. The van der Waals surface area contributed by atoms with E-state index in [0.29, 0.717) is 0 Å². The van der Waals surface area contributed by atoms with Gasteiger partial charge in [0, 0.05) is 14.1 Å². The number of benzene rings is 1. The fourth-order valence-electron chi connectivity index (χ4n) is 1.36. The Bertz CT molecular complexity index is 429. The van der Waals surface area contributed by atoms with Gasteiger partial charge in [-0.1, -0.05) is 6.07 Å². The molecule has 0 heterocycles. The molecular formula is C10H12F3N3O. The van der Waals surface area contributed by atoms with E-state index in [-0.39, 0.29) is 5.56 Å². The third kappa shape index (κ3) is 2.68. The van der Waals surface area contributed by atoms with Crippen molar-refractivity contribution in [2.75, 3.05) is 19.5 Å². The molecule has 3 N–H and O–H groups in total. The average molecular weight is 247 g/mol. The zero-order valence-electron chi connectivity index (χ0n) is 9.30. The molecule has 1 aromatic carbocycles. The van der Waals surface area contributed by atoms with E-state index in [9.17, 15) is 18.0 Å². The van der Waals surface area contributed by atoms with Crippen molar-refractivity contribution < 1.29 is 18.0 Å². The minimum atomic E-state index is -4.57. The first kappa shape index (κ1) is 13.3. The molecule has 0 unspecified atom stereocenters. The van der Waals surface area contributed by atoms with E-state index >= 15 is 0 Å². The number of nitrogens with two attached hydrogens (primary N) is 1. The zero-order valence-corrected chi connectivity index (χ0v) is 9.30. The van der Waals surface area contributed by atoms with Crippen molar-refractivity contribution in [1.82, 2.24) is 4.90 Å². The molecule has 17 heavy (non-hydrogen) atoms. The molecule has 0 aliphatic heterocycles.